The third-order valence-electron chi connectivity index (χ3n) is 2.12. The largest absolute Gasteiger partial charge is 0.469 e. The molecule has 4 heteroatoms. The monoisotopic (exact) mass is 205 g/mol. The summed E-state index contributed by atoms with van der Waals surface area (Å²) in [6, 6.07) is 0.449. The summed E-state index contributed by atoms with van der Waals surface area (Å²) in [5.74, 6) is 1.41. The van der Waals surface area contributed by atoms with E-state index in [1.54, 1.807) is 0 Å². The van der Waals surface area contributed by atoms with Crippen LogP contribution in [0.1, 0.15) is 13.8 Å². The molecular weight excluding hydrogens is 190 g/mol. The normalized spacial score (nSPS) is 23.5. The van der Waals surface area contributed by atoms with Gasteiger partial charge in [0.25, 0.3) is 5.17 Å². The molecule has 0 aromatic heterocycles. The van der Waals surface area contributed by atoms with Crippen molar-refractivity contribution in [3.63, 3.8) is 0 Å². The van der Waals surface area contributed by atoms with E-state index in [1.807, 2.05) is 0 Å². The molecule has 1 rings (SSSR count). The standard InChI is InChI=1S/C8H15NOS2/c1-6(2)7-5-10-8(12)9(7)3-4-11/h6-7,11H,3-5H2,1-2H3/t7-/m0/s1. The zero-order chi connectivity index (χ0) is 9.14. The minimum atomic E-state index is 0.449. The van der Waals surface area contributed by atoms with Crippen molar-refractivity contribution >= 4 is 30.0 Å². The highest BCUT2D eigenvalue weighted by molar-refractivity contribution is 7.80. The lowest BCUT2D eigenvalue weighted by Crippen LogP contribution is -2.38. The summed E-state index contributed by atoms with van der Waals surface area (Å²) in [7, 11) is 0. The maximum Gasteiger partial charge on any atom is 0.259 e. The highest BCUT2D eigenvalue weighted by Gasteiger charge is 2.31. The van der Waals surface area contributed by atoms with E-state index in [0.29, 0.717) is 17.1 Å². The third-order valence-corrected chi connectivity index (χ3v) is 2.68. The Morgan fingerprint density at radius 1 is 1.75 bits per heavy atom. The van der Waals surface area contributed by atoms with E-state index in [1.165, 1.54) is 0 Å². The first-order chi connectivity index (χ1) is 5.66. The molecule has 0 aliphatic carbocycles. The van der Waals surface area contributed by atoms with E-state index in [2.05, 4.69) is 31.4 Å². The minimum absolute atomic E-state index is 0.449. The highest BCUT2D eigenvalue weighted by Crippen LogP contribution is 2.19. The molecule has 70 valence electrons. The Bertz CT molecular complexity index is 172. The van der Waals surface area contributed by atoms with Crippen molar-refractivity contribution in [3.8, 4) is 0 Å². The molecule has 1 atom stereocenters. The molecule has 0 bridgehead atoms. The number of rotatable bonds is 3. The first kappa shape index (κ1) is 10.1. The second kappa shape index (κ2) is 4.33. The topological polar surface area (TPSA) is 12.5 Å². The maximum absolute atomic E-state index is 5.32. The molecule has 1 aliphatic heterocycles. The van der Waals surface area contributed by atoms with Crippen LogP contribution in [0.2, 0.25) is 0 Å². The molecule has 1 aliphatic rings. The number of ether oxygens (including phenoxy) is 1. The van der Waals surface area contributed by atoms with Crippen molar-refractivity contribution in [1.29, 1.82) is 0 Å². The Balaban J connectivity index is 2.57. The molecule has 1 fully saturated rings. The van der Waals surface area contributed by atoms with Crippen LogP contribution in [0.5, 0.6) is 0 Å². The molecule has 2 nitrogen and oxygen atoms in total. The van der Waals surface area contributed by atoms with E-state index >= 15 is 0 Å². The van der Waals surface area contributed by atoms with Crippen molar-refractivity contribution < 1.29 is 4.74 Å². The van der Waals surface area contributed by atoms with Crippen molar-refractivity contribution in [2.45, 2.75) is 19.9 Å². The molecule has 0 saturated carbocycles. The van der Waals surface area contributed by atoms with Gasteiger partial charge < -0.3 is 9.64 Å². The third kappa shape index (κ3) is 2.04. The van der Waals surface area contributed by atoms with Gasteiger partial charge in [-0.25, -0.2) is 0 Å². The second-order valence-electron chi connectivity index (χ2n) is 3.31. The molecule has 0 radical (unpaired) electrons. The van der Waals surface area contributed by atoms with Crippen molar-refractivity contribution in [2.75, 3.05) is 18.9 Å². The zero-order valence-electron chi connectivity index (χ0n) is 7.49. The second-order valence-corrected chi connectivity index (χ2v) is 4.10. The minimum Gasteiger partial charge on any atom is -0.469 e. The first-order valence-corrected chi connectivity index (χ1v) is 5.25. The van der Waals surface area contributed by atoms with Crippen LogP contribution >= 0.6 is 24.8 Å². The number of thiol groups is 1. The SMILES string of the molecule is CC(C)[C@@H]1COC(=S)N1CCS. The van der Waals surface area contributed by atoms with Crippen LogP contribution in [-0.2, 0) is 4.74 Å². The molecule has 0 amide bonds. The Morgan fingerprint density at radius 2 is 2.42 bits per heavy atom. The van der Waals surface area contributed by atoms with Gasteiger partial charge in [-0.05, 0) is 18.1 Å². The first-order valence-electron chi connectivity index (χ1n) is 4.21. The van der Waals surface area contributed by atoms with E-state index in [-0.39, 0.29) is 0 Å². The summed E-state index contributed by atoms with van der Waals surface area (Å²) in [5, 5.41) is 0.641. The van der Waals surface area contributed by atoms with E-state index < -0.39 is 0 Å². The Morgan fingerprint density at radius 3 is 2.92 bits per heavy atom. The molecule has 1 saturated heterocycles. The van der Waals surface area contributed by atoms with Crippen LogP contribution in [0.25, 0.3) is 0 Å². The number of thiocarbonyl (C=S) groups is 1. The fourth-order valence-electron chi connectivity index (χ4n) is 1.38. The van der Waals surface area contributed by atoms with Crippen LogP contribution in [0.15, 0.2) is 0 Å². The van der Waals surface area contributed by atoms with Gasteiger partial charge in [-0.3, -0.25) is 0 Å². The molecular formula is C8H15NOS2. The summed E-state index contributed by atoms with van der Waals surface area (Å²) >= 11 is 9.26. The van der Waals surface area contributed by atoms with E-state index in [0.717, 1.165) is 18.9 Å². The van der Waals surface area contributed by atoms with Crippen molar-refractivity contribution in [3.05, 3.63) is 0 Å². The Labute approximate surface area is 84.7 Å². The number of nitrogens with zero attached hydrogens (tertiary/aromatic N) is 1. The van der Waals surface area contributed by atoms with Gasteiger partial charge in [0.1, 0.15) is 6.61 Å². The van der Waals surface area contributed by atoms with Gasteiger partial charge in [0.15, 0.2) is 0 Å². The van der Waals surface area contributed by atoms with Gasteiger partial charge in [-0.1, -0.05) is 13.8 Å². The fraction of sp³-hybridized carbons (Fsp3) is 0.875. The Kier molecular flexibility index (Phi) is 3.65. The molecule has 0 unspecified atom stereocenters. The summed E-state index contributed by atoms with van der Waals surface area (Å²) in [6.45, 7) is 6.01. The summed E-state index contributed by atoms with van der Waals surface area (Å²) in [6.07, 6.45) is 0. The van der Waals surface area contributed by atoms with Gasteiger partial charge in [-0.2, -0.15) is 12.6 Å². The van der Waals surface area contributed by atoms with Gasteiger partial charge in [0.05, 0.1) is 6.04 Å². The van der Waals surface area contributed by atoms with Crippen LogP contribution < -0.4 is 0 Å². The summed E-state index contributed by atoms with van der Waals surface area (Å²) in [4.78, 5) is 2.13. The quantitative estimate of drug-likeness (QED) is 0.555. The lowest BCUT2D eigenvalue weighted by molar-refractivity contribution is 0.260. The molecule has 1 heterocycles. The lowest BCUT2D eigenvalue weighted by Gasteiger charge is -2.24. The van der Waals surface area contributed by atoms with E-state index in [4.69, 9.17) is 17.0 Å². The van der Waals surface area contributed by atoms with Gasteiger partial charge in [-0.15, -0.1) is 0 Å². The van der Waals surface area contributed by atoms with Crippen molar-refractivity contribution in [1.82, 2.24) is 4.90 Å². The van der Waals surface area contributed by atoms with Crippen molar-refractivity contribution in [2.24, 2.45) is 5.92 Å². The number of hydrogen-bond acceptors (Lipinski definition) is 3. The highest BCUT2D eigenvalue weighted by atomic mass is 32.1. The molecule has 0 aromatic rings. The number of hydrogen-bond donors (Lipinski definition) is 1. The Hall–Kier alpha value is 0.0400. The van der Waals surface area contributed by atoms with Crippen LogP contribution in [0, 0.1) is 5.92 Å². The van der Waals surface area contributed by atoms with Gasteiger partial charge in [0, 0.05) is 12.3 Å². The zero-order valence-corrected chi connectivity index (χ0v) is 9.20. The predicted octanol–water partition coefficient (Wildman–Crippen LogP) is 1.56. The molecule has 0 aromatic carbocycles. The van der Waals surface area contributed by atoms with Gasteiger partial charge in [0.2, 0.25) is 0 Å². The van der Waals surface area contributed by atoms with Crippen LogP contribution in [0.3, 0.4) is 0 Å². The van der Waals surface area contributed by atoms with Gasteiger partial charge >= 0.3 is 0 Å². The average Bonchev–Trinajstić information content (AvgIpc) is 2.34. The molecule has 12 heavy (non-hydrogen) atoms. The maximum atomic E-state index is 5.32. The predicted molar refractivity (Wildman–Crippen MR) is 57.7 cm³/mol. The smallest absolute Gasteiger partial charge is 0.259 e. The molecule has 0 spiro atoms. The fourth-order valence-corrected chi connectivity index (χ4v) is 1.89. The summed E-state index contributed by atoms with van der Waals surface area (Å²) < 4.78 is 5.32. The molecule has 0 N–H and O–H groups in total. The van der Waals surface area contributed by atoms with Crippen LogP contribution in [0.4, 0.5) is 0 Å². The lowest BCUT2D eigenvalue weighted by atomic mass is 10.1. The average molecular weight is 205 g/mol. The van der Waals surface area contributed by atoms with E-state index in [9.17, 15) is 0 Å². The van der Waals surface area contributed by atoms with Crippen LogP contribution in [-0.4, -0.2) is 35.0 Å². The summed E-state index contributed by atoms with van der Waals surface area (Å²) in [5.41, 5.74) is 0.